The van der Waals surface area contributed by atoms with E-state index in [9.17, 15) is 49.1 Å². The Kier molecular flexibility index (Phi) is 42.6. The van der Waals surface area contributed by atoms with Gasteiger partial charge in [0.25, 0.3) is 0 Å². The molecule has 8 heterocycles. The molecular weight excluding hydrogens is 1810 g/mol. The molecule has 7 aromatic carbocycles. The number of amides is 1. The second kappa shape index (κ2) is 51.0. The van der Waals surface area contributed by atoms with E-state index in [0.29, 0.717) is 61.3 Å². The number of carbonyl (C=O) groups is 2. The highest BCUT2D eigenvalue weighted by Gasteiger charge is 2.47. The van der Waals surface area contributed by atoms with Gasteiger partial charge in [-0.2, -0.15) is 26.3 Å². The van der Waals surface area contributed by atoms with Crippen molar-refractivity contribution in [1.29, 1.82) is 0 Å². The van der Waals surface area contributed by atoms with Crippen LogP contribution in [-0.4, -0.2) is 144 Å². The Bertz CT molecular complexity index is 4570. The Morgan fingerprint density at radius 1 is 0.453 bits per heavy atom. The lowest BCUT2D eigenvalue weighted by Gasteiger charge is -2.40. The number of anilines is 1. The van der Waals surface area contributed by atoms with Crippen LogP contribution in [0.2, 0.25) is 0 Å². The van der Waals surface area contributed by atoms with Gasteiger partial charge in [0.15, 0.2) is 68.7 Å². The number of hydrogen-bond acceptors (Lipinski definition) is 16. The van der Waals surface area contributed by atoms with Crippen LogP contribution in [0.4, 0.5) is 59.5 Å². The van der Waals surface area contributed by atoms with E-state index in [-0.39, 0.29) is 66.2 Å². The Morgan fingerprint density at radius 2 is 0.781 bits per heavy atom. The molecule has 8 aliphatic rings. The molecule has 0 spiro atoms. The van der Waals surface area contributed by atoms with Crippen LogP contribution < -0.4 is 48.1 Å². The van der Waals surface area contributed by atoms with Gasteiger partial charge in [-0.25, -0.2) is 22.8 Å². The van der Waals surface area contributed by atoms with E-state index in [1.807, 2.05) is 62.1 Å². The van der Waals surface area contributed by atoms with E-state index < -0.39 is 57.5 Å². The Labute approximate surface area is 772 Å². The van der Waals surface area contributed by atoms with Gasteiger partial charge in [0.1, 0.15) is 36.1 Å². The third kappa shape index (κ3) is 32.4. The fraction of sp³-hybridized carbons (Fsp3) is 0.546. The minimum Gasteiger partial charge on any atom is -0.505 e. The fourth-order valence-corrected chi connectivity index (χ4v) is 17.8. The van der Waals surface area contributed by atoms with Crippen molar-refractivity contribution in [2.45, 2.75) is 308 Å². The molecule has 1 amide bonds. The Morgan fingerprint density at radius 3 is 1.11 bits per heavy atom. The lowest BCUT2D eigenvalue weighted by Crippen LogP contribution is -2.49. The zero-order valence-electron chi connectivity index (χ0n) is 74.2. The van der Waals surface area contributed by atoms with Crippen LogP contribution in [-0.2, 0) is 21.8 Å². The average molecular weight is 1940 g/mol. The highest BCUT2D eigenvalue weighted by Crippen LogP contribution is 2.46. The molecule has 15 rings (SSSR count). The van der Waals surface area contributed by atoms with Crippen molar-refractivity contribution in [3.63, 3.8) is 0 Å². The summed E-state index contributed by atoms with van der Waals surface area (Å²) in [7, 11) is 2.26. The standard InChI is InChI=1S/C24H27F4NO2.C20H28ClNO4.C18H27NO2.C17H25NO2.C7H3BrF4.C7H7FO.C3H4Cl2O2.CH4.FH.H2/c1-3-10-30-23-11-15(2)4-9-22(23)31-19-12-16-5-6-17(13-19)29(16)18-7-8-20(21(25)14-18)24(26,27)28;1-4-9-24-19-10-13(2)5-8-18(19)26-17-11-15-6-7-16(12-17)22(15)20(23)25-14(3)21;1-4-9-20-18-10-13(2)5-8-17(18)21-16-11-14-6-7-15(12-16)19(14)3;1-3-8-19-17-9-12(2)4-7-16(17)20-15-10-13-5-6-14(11-15)18-13;8-4-1-2-5(6(9)3-4)7(10,11)12;1-5-2-3-6(8)7(9)4-5;1-2(4)7-3(5)6;;;/h4,7-9,11,14,16-17,19H,3,5-6,10,12-13H2,1-2H3;5,8,10,14-17H,4,6-7,9,11-12H2,1-3H3;5,8,10,14-16H,4,6-7,9,11-12H2,1-3H3;4,7,9,13-15,18H,3,5-6,8,10-11H2,1-2H3;1-3H;2-4,9H,1H3;2H,1H3;1H4;2*1H/t16-,17+,19?;14?,15-,16+,17?;14-,15+,16?;13-,14+,15?;;;;;;/i;;;;;;;;;1+1. The topological polar surface area (TPSA) is 168 Å². The molecule has 2 N–H and O–H groups in total. The molecule has 8 fully saturated rings. The first kappa shape index (κ1) is 107. The summed E-state index contributed by atoms with van der Waals surface area (Å²) < 4.78 is 172. The van der Waals surface area contributed by atoms with E-state index in [1.54, 1.807) is 19.9 Å². The number of piperidine rings is 4. The summed E-state index contributed by atoms with van der Waals surface area (Å²) in [5, 5.41) is 12.4. The van der Waals surface area contributed by atoms with Crippen LogP contribution in [0, 0.1) is 52.1 Å². The number of rotatable bonds is 23. The highest BCUT2D eigenvalue weighted by atomic mass is 79.9. The van der Waals surface area contributed by atoms with Crippen molar-refractivity contribution in [1.82, 2.24) is 15.1 Å². The monoisotopic (exact) mass is 1930 g/mol. The van der Waals surface area contributed by atoms with Crippen LogP contribution in [0.25, 0.3) is 0 Å². The number of aryl methyl sites for hydroxylation is 5. The summed E-state index contributed by atoms with van der Waals surface area (Å²) in [4.78, 5) is 28.5. The van der Waals surface area contributed by atoms with Crippen LogP contribution in [0.15, 0.2) is 132 Å². The molecule has 0 saturated carbocycles. The number of phenols is 1. The van der Waals surface area contributed by atoms with Crippen molar-refractivity contribution in [3.05, 3.63) is 188 Å². The largest absolute Gasteiger partial charge is 0.505 e. The van der Waals surface area contributed by atoms with Crippen LogP contribution in [0.5, 0.6) is 51.7 Å². The third-order valence-electron chi connectivity index (χ3n) is 22.9. The maximum atomic E-state index is 14.1. The molecule has 0 radical (unpaired) electrons. The number of fused-ring (bicyclic) bond motifs is 8. The van der Waals surface area contributed by atoms with Gasteiger partial charge >= 0.3 is 23.9 Å². The van der Waals surface area contributed by atoms with E-state index in [2.05, 4.69) is 114 Å². The summed E-state index contributed by atoms with van der Waals surface area (Å²) in [6.45, 7) is 24.4. The first-order chi connectivity index (χ1) is 59.9. The molecule has 8 bridgehead atoms. The summed E-state index contributed by atoms with van der Waals surface area (Å²) in [5.41, 5.74) is 1.47. The maximum absolute atomic E-state index is 14.1. The number of halogens is 14. The summed E-state index contributed by atoms with van der Waals surface area (Å²) in [6.07, 6.45) is 11.7. The van der Waals surface area contributed by atoms with Gasteiger partial charge < -0.3 is 72.5 Å². The van der Waals surface area contributed by atoms with Crippen molar-refractivity contribution < 1.29 is 108 Å². The Balaban J connectivity index is 0.000000241. The second-order valence-corrected chi connectivity index (χ2v) is 35.8. The number of phenolic OH excluding ortho intramolecular Hbond substituents is 1. The highest BCUT2D eigenvalue weighted by molar-refractivity contribution is 9.10. The number of aromatic hydroxyl groups is 1. The molecule has 17 nitrogen and oxygen atoms in total. The molecule has 128 heavy (non-hydrogen) atoms. The number of alkyl halides is 8. The van der Waals surface area contributed by atoms with Gasteiger partial charge in [0, 0.05) is 97.2 Å². The predicted octanol–water partition coefficient (Wildman–Crippen LogP) is 27.1. The predicted molar refractivity (Wildman–Crippen MR) is 489 cm³/mol. The molecule has 7 aromatic rings. The molecule has 8 saturated heterocycles. The quantitative estimate of drug-likeness (QED) is 0.0352. The summed E-state index contributed by atoms with van der Waals surface area (Å²) in [5.74, 6) is 3.35. The van der Waals surface area contributed by atoms with Gasteiger partial charge in [-0.05, 0) is 283 Å². The first-order valence-corrected chi connectivity index (χ1v) is 45.8. The lowest BCUT2D eigenvalue weighted by atomic mass is 9.98. The molecule has 0 aromatic heterocycles. The Hall–Kier alpha value is -8.15. The summed E-state index contributed by atoms with van der Waals surface area (Å²) in [6, 6.07) is 37.8. The average Bonchev–Trinajstić information content (AvgIpc) is 1.42. The number of ether oxygens (including phenoxy) is 10. The van der Waals surface area contributed by atoms with Crippen molar-refractivity contribution in [2.75, 3.05) is 38.4 Å². The number of nitrogens with one attached hydrogen (secondary N) is 1. The minimum absolute atomic E-state index is 0. The van der Waals surface area contributed by atoms with Crippen molar-refractivity contribution >= 4 is 67.9 Å². The van der Waals surface area contributed by atoms with Crippen molar-refractivity contribution in [3.8, 4) is 51.7 Å². The smallest absolute Gasteiger partial charge is 0.419 e. The zero-order valence-corrected chi connectivity index (χ0v) is 78.0. The lowest BCUT2D eigenvalue weighted by molar-refractivity contribution is -0.140. The van der Waals surface area contributed by atoms with Crippen molar-refractivity contribution in [2.24, 2.45) is 0 Å². The molecular formula is C97H128BrCl3F10N4O13. The van der Waals surface area contributed by atoms with Gasteiger partial charge in [0.2, 0.25) is 0 Å². The number of hydrogen-bond donors (Lipinski definition) is 2. The van der Waals surface area contributed by atoms with Gasteiger partial charge in [-0.15, -0.1) is 0 Å². The zero-order chi connectivity index (χ0) is 91.7. The number of carbonyl (C=O) groups excluding carboxylic acids is 2. The van der Waals surface area contributed by atoms with E-state index >= 15 is 0 Å². The molecule has 712 valence electrons. The van der Waals surface area contributed by atoms with Gasteiger partial charge in [0.05, 0.1) is 37.6 Å². The normalized spacial score (nSPS) is 22.4. The van der Waals surface area contributed by atoms with Crippen LogP contribution in [0.3, 0.4) is 0 Å². The molecule has 8 aliphatic heterocycles. The maximum Gasteiger partial charge on any atom is 0.419 e. The van der Waals surface area contributed by atoms with Crippen LogP contribution in [0.1, 0.15) is 218 Å². The number of nitrogens with zero attached hydrogens (tertiary/aromatic N) is 3. The van der Waals surface area contributed by atoms with E-state index in [4.69, 9.17) is 82.5 Å². The fourth-order valence-electron chi connectivity index (χ4n) is 17.2. The molecule has 14 atom stereocenters. The van der Waals surface area contributed by atoms with E-state index in [0.717, 1.165) is 203 Å². The molecule has 6 unspecified atom stereocenters. The van der Waals surface area contributed by atoms with Gasteiger partial charge in [-0.3, -0.25) is 4.70 Å². The van der Waals surface area contributed by atoms with Gasteiger partial charge in [-0.1, -0.05) is 105 Å². The van der Waals surface area contributed by atoms with E-state index in [1.165, 1.54) is 61.9 Å². The molecule has 0 aliphatic carbocycles. The first-order valence-electron chi connectivity index (χ1n) is 43.7. The molecule has 31 heteroatoms. The second-order valence-electron chi connectivity index (χ2n) is 33.4. The van der Waals surface area contributed by atoms with Crippen LogP contribution >= 0.6 is 50.7 Å². The SMILES string of the molecule is C.CC(Cl)OC(=O)Cl.CCCOc1cc(C)ccc1OC1C[C@H]2CC[C@@H](C1)N2.CCCOc1cc(C)ccc1OC1C[C@H]2CC[C@@H](C1)N2C.CCCOc1cc(C)ccc1OC1C[C@H]2CC[C@@H](C1)N2C(=O)OC(C)Cl.CCCOc1cc(C)ccc1OC1C[C@H]2CC[C@@H](C1)N2c1ccc(C(F)(F)F)c(F)c1.Cc1ccc(F)c(O)c1.F.Fc1cc(Br)ccc1C(F)(F)F.[2HH]. The number of benzene rings is 7. The third-order valence-corrected chi connectivity index (χ3v) is 23.7. The summed E-state index contributed by atoms with van der Waals surface area (Å²) >= 11 is 18.5. The minimum atomic E-state index is -4.69.